The highest BCUT2D eigenvalue weighted by molar-refractivity contribution is 9.10. The number of amides is 1. The Labute approximate surface area is 249 Å². The number of Topliss-reactive ketones (excluding diaryl/α,β-unsaturated/α-hetero) is 1. The van der Waals surface area contributed by atoms with Crippen LogP contribution in [0.4, 0.5) is 0 Å². The van der Waals surface area contributed by atoms with E-state index in [1.807, 2.05) is 36.4 Å². The Balaban J connectivity index is 1.55. The summed E-state index contributed by atoms with van der Waals surface area (Å²) in [6.45, 7) is 2.74. The molecule has 1 aliphatic rings. The molecule has 1 N–H and O–H groups in total. The van der Waals surface area contributed by atoms with Crippen LogP contribution in [0.2, 0.25) is 0 Å². The number of carbonyl (C=O) groups excluding carboxylic acids is 2. The first-order valence-electron chi connectivity index (χ1n) is 15.2. The first kappa shape index (κ1) is 31.9. The molecule has 2 aromatic carbocycles. The third-order valence-electron chi connectivity index (χ3n) is 7.84. The SMILES string of the molecule is CCCCCCCCCCCCCCCCN1C(=O)C(=O)/C(=C(/O)c2ccc(Br)cc2)[C@H]1c1ccc(OC)cc1. The van der Waals surface area contributed by atoms with Crippen LogP contribution in [-0.4, -0.2) is 35.4 Å². The van der Waals surface area contributed by atoms with Gasteiger partial charge in [0.25, 0.3) is 11.7 Å². The van der Waals surface area contributed by atoms with Crippen molar-refractivity contribution in [2.24, 2.45) is 0 Å². The summed E-state index contributed by atoms with van der Waals surface area (Å²) in [5.41, 5.74) is 1.43. The van der Waals surface area contributed by atoms with Crippen LogP contribution in [0.5, 0.6) is 5.75 Å². The van der Waals surface area contributed by atoms with Crippen molar-refractivity contribution in [1.29, 1.82) is 0 Å². The van der Waals surface area contributed by atoms with Gasteiger partial charge in [-0.25, -0.2) is 0 Å². The number of hydrogen-bond donors (Lipinski definition) is 1. The number of likely N-dealkylation sites (tertiary alicyclic amines) is 1. The van der Waals surface area contributed by atoms with E-state index in [0.29, 0.717) is 17.9 Å². The number of benzene rings is 2. The maximum absolute atomic E-state index is 13.2. The van der Waals surface area contributed by atoms with Gasteiger partial charge in [-0.15, -0.1) is 0 Å². The van der Waals surface area contributed by atoms with Crippen LogP contribution in [0.25, 0.3) is 5.76 Å². The van der Waals surface area contributed by atoms with Gasteiger partial charge in [0.2, 0.25) is 0 Å². The number of ketones is 1. The maximum atomic E-state index is 13.2. The average Bonchev–Trinajstić information content (AvgIpc) is 3.22. The first-order chi connectivity index (χ1) is 19.5. The van der Waals surface area contributed by atoms with Gasteiger partial charge < -0.3 is 14.7 Å². The average molecular weight is 613 g/mol. The van der Waals surface area contributed by atoms with E-state index < -0.39 is 17.7 Å². The summed E-state index contributed by atoms with van der Waals surface area (Å²) in [6, 6.07) is 13.8. The molecular formula is C34H46BrNO4. The second kappa shape index (κ2) is 17.3. The number of methoxy groups -OCH3 is 1. The van der Waals surface area contributed by atoms with Gasteiger partial charge in [0.1, 0.15) is 11.5 Å². The van der Waals surface area contributed by atoms with E-state index in [4.69, 9.17) is 4.74 Å². The lowest BCUT2D eigenvalue weighted by Crippen LogP contribution is -2.30. The lowest BCUT2D eigenvalue weighted by atomic mass is 9.95. The van der Waals surface area contributed by atoms with Crippen molar-refractivity contribution < 1.29 is 19.4 Å². The van der Waals surface area contributed by atoms with E-state index in [2.05, 4.69) is 22.9 Å². The lowest BCUT2D eigenvalue weighted by molar-refractivity contribution is -0.139. The van der Waals surface area contributed by atoms with Gasteiger partial charge in [0.15, 0.2) is 0 Å². The minimum Gasteiger partial charge on any atom is -0.507 e. The van der Waals surface area contributed by atoms with Crippen molar-refractivity contribution >= 4 is 33.4 Å². The number of aliphatic hydroxyl groups is 1. The van der Waals surface area contributed by atoms with Gasteiger partial charge in [-0.2, -0.15) is 0 Å². The highest BCUT2D eigenvalue weighted by atomic mass is 79.9. The third-order valence-corrected chi connectivity index (χ3v) is 8.37. The molecular weight excluding hydrogens is 566 g/mol. The number of halogens is 1. The largest absolute Gasteiger partial charge is 0.507 e. The zero-order valence-electron chi connectivity index (χ0n) is 24.3. The second-order valence-electron chi connectivity index (χ2n) is 10.9. The van der Waals surface area contributed by atoms with E-state index in [0.717, 1.165) is 29.3 Å². The topological polar surface area (TPSA) is 66.8 Å². The van der Waals surface area contributed by atoms with Gasteiger partial charge in [-0.3, -0.25) is 9.59 Å². The number of unbranched alkanes of at least 4 members (excludes halogenated alkanes) is 13. The molecule has 0 radical (unpaired) electrons. The summed E-state index contributed by atoms with van der Waals surface area (Å²) in [4.78, 5) is 28.0. The zero-order chi connectivity index (χ0) is 28.7. The molecule has 5 nitrogen and oxygen atoms in total. The molecule has 1 heterocycles. The second-order valence-corrected chi connectivity index (χ2v) is 11.8. The summed E-state index contributed by atoms with van der Waals surface area (Å²) in [6.07, 6.45) is 17.6. The molecule has 2 aromatic rings. The van der Waals surface area contributed by atoms with E-state index in [-0.39, 0.29) is 11.3 Å². The fourth-order valence-electron chi connectivity index (χ4n) is 5.48. The Kier molecular flexibility index (Phi) is 13.8. The number of nitrogens with zero attached hydrogens (tertiary/aromatic N) is 1. The maximum Gasteiger partial charge on any atom is 0.295 e. The minimum absolute atomic E-state index is 0.142. The van der Waals surface area contributed by atoms with Gasteiger partial charge in [0, 0.05) is 16.6 Å². The molecule has 1 fully saturated rings. The van der Waals surface area contributed by atoms with E-state index in [9.17, 15) is 14.7 Å². The molecule has 0 saturated carbocycles. The van der Waals surface area contributed by atoms with Crippen molar-refractivity contribution in [3.8, 4) is 5.75 Å². The minimum atomic E-state index is -0.633. The Morgan fingerprint density at radius 2 is 1.27 bits per heavy atom. The standard InChI is InChI=1S/C34H46BrNO4/c1-3-4-5-6-7-8-9-10-11-12-13-14-15-16-25-36-31(26-19-23-29(40-2)24-20-26)30(33(38)34(36)39)32(37)27-17-21-28(35)22-18-27/h17-24,31,37H,3-16,25H2,1-2H3/b32-30+/t31-/m1/s1. The fraction of sp³-hybridized carbons (Fsp3) is 0.529. The van der Waals surface area contributed by atoms with Crippen LogP contribution in [0.3, 0.4) is 0 Å². The van der Waals surface area contributed by atoms with Crippen LogP contribution in [0.15, 0.2) is 58.6 Å². The number of hydrogen-bond acceptors (Lipinski definition) is 4. The van der Waals surface area contributed by atoms with Crippen LogP contribution in [0, 0.1) is 0 Å². The predicted octanol–water partition coefficient (Wildman–Crippen LogP) is 9.36. The summed E-state index contributed by atoms with van der Waals surface area (Å²) in [5.74, 6) is -0.628. The lowest BCUT2D eigenvalue weighted by Gasteiger charge is -2.25. The number of rotatable bonds is 18. The molecule has 1 atom stereocenters. The monoisotopic (exact) mass is 611 g/mol. The molecule has 0 spiro atoms. The Hall–Kier alpha value is -2.60. The van der Waals surface area contributed by atoms with Crippen LogP contribution >= 0.6 is 15.9 Å². The van der Waals surface area contributed by atoms with Crippen LogP contribution < -0.4 is 4.74 Å². The Morgan fingerprint density at radius 3 is 1.77 bits per heavy atom. The summed E-state index contributed by atoms with van der Waals surface area (Å²) < 4.78 is 6.17. The first-order valence-corrected chi connectivity index (χ1v) is 16.0. The Bertz CT molecular complexity index is 1090. The van der Waals surface area contributed by atoms with Gasteiger partial charge in [-0.05, 0) is 36.2 Å². The Morgan fingerprint density at radius 1 is 0.775 bits per heavy atom. The van der Waals surface area contributed by atoms with E-state index in [1.165, 1.54) is 70.6 Å². The molecule has 0 aliphatic carbocycles. The quantitative estimate of drug-likeness (QED) is 0.0789. The summed E-state index contributed by atoms with van der Waals surface area (Å²) >= 11 is 3.41. The van der Waals surface area contributed by atoms with Gasteiger partial charge in [-0.1, -0.05) is 131 Å². The molecule has 1 aliphatic heterocycles. The number of aliphatic hydroxyl groups excluding tert-OH is 1. The fourth-order valence-corrected chi connectivity index (χ4v) is 5.75. The van der Waals surface area contributed by atoms with Gasteiger partial charge >= 0.3 is 0 Å². The number of ether oxygens (including phenoxy) is 1. The summed E-state index contributed by atoms with van der Waals surface area (Å²) in [7, 11) is 1.60. The van der Waals surface area contributed by atoms with E-state index in [1.54, 1.807) is 24.1 Å². The van der Waals surface area contributed by atoms with Crippen LogP contribution in [0.1, 0.15) is 114 Å². The third kappa shape index (κ3) is 9.22. The van der Waals surface area contributed by atoms with Gasteiger partial charge in [0.05, 0.1) is 18.7 Å². The molecule has 0 bridgehead atoms. The predicted molar refractivity (Wildman–Crippen MR) is 166 cm³/mol. The smallest absolute Gasteiger partial charge is 0.295 e. The molecule has 1 amide bonds. The van der Waals surface area contributed by atoms with Crippen molar-refractivity contribution in [3.63, 3.8) is 0 Å². The number of carbonyl (C=O) groups is 2. The summed E-state index contributed by atoms with van der Waals surface area (Å²) in [5, 5.41) is 11.2. The highest BCUT2D eigenvalue weighted by Gasteiger charge is 2.45. The normalized spacial score (nSPS) is 16.6. The van der Waals surface area contributed by atoms with Crippen molar-refractivity contribution in [2.45, 2.75) is 103 Å². The van der Waals surface area contributed by atoms with Crippen molar-refractivity contribution in [1.82, 2.24) is 4.90 Å². The molecule has 3 rings (SSSR count). The molecule has 0 unspecified atom stereocenters. The molecule has 6 heteroatoms. The van der Waals surface area contributed by atoms with Crippen molar-refractivity contribution in [2.75, 3.05) is 13.7 Å². The van der Waals surface area contributed by atoms with Crippen molar-refractivity contribution in [3.05, 3.63) is 69.7 Å². The molecule has 0 aromatic heterocycles. The molecule has 40 heavy (non-hydrogen) atoms. The van der Waals surface area contributed by atoms with E-state index >= 15 is 0 Å². The van der Waals surface area contributed by atoms with Crippen LogP contribution in [-0.2, 0) is 9.59 Å². The highest BCUT2D eigenvalue weighted by Crippen LogP contribution is 2.40. The molecule has 1 saturated heterocycles. The molecule has 218 valence electrons. The zero-order valence-corrected chi connectivity index (χ0v) is 25.9.